The molecule has 1 saturated heterocycles. The van der Waals surface area contributed by atoms with E-state index in [9.17, 15) is 4.79 Å². The molecule has 0 N–H and O–H groups in total. The summed E-state index contributed by atoms with van der Waals surface area (Å²) in [7, 11) is 4.02. The van der Waals surface area contributed by atoms with Crippen molar-refractivity contribution in [3.8, 4) is 0 Å². The van der Waals surface area contributed by atoms with Crippen LogP contribution in [0.3, 0.4) is 0 Å². The van der Waals surface area contributed by atoms with Crippen LogP contribution in [0.2, 0.25) is 0 Å². The van der Waals surface area contributed by atoms with E-state index >= 15 is 0 Å². The van der Waals surface area contributed by atoms with Crippen molar-refractivity contribution in [2.24, 2.45) is 7.05 Å². The summed E-state index contributed by atoms with van der Waals surface area (Å²) >= 11 is 0. The van der Waals surface area contributed by atoms with Crippen LogP contribution < -0.4 is 0 Å². The molecule has 3 aromatic rings. The highest BCUT2D eigenvalue weighted by molar-refractivity contribution is 5.85. The monoisotopic (exact) mass is 454 g/mol. The molecule has 8 heteroatoms. The van der Waals surface area contributed by atoms with Crippen LogP contribution in [0.15, 0.2) is 67.3 Å². The van der Waals surface area contributed by atoms with Crippen molar-refractivity contribution >= 4 is 18.3 Å². The van der Waals surface area contributed by atoms with Crippen LogP contribution in [0, 0.1) is 0 Å². The molecule has 3 heterocycles. The number of hydrogen-bond acceptors (Lipinski definition) is 5. The maximum Gasteiger partial charge on any atom is 0.236 e. The number of aromatic nitrogens is 3. The first-order valence-electron chi connectivity index (χ1n) is 10.7. The van der Waals surface area contributed by atoms with E-state index in [-0.39, 0.29) is 24.4 Å². The summed E-state index contributed by atoms with van der Waals surface area (Å²) in [6.45, 7) is 4.24. The summed E-state index contributed by atoms with van der Waals surface area (Å²) in [6, 6.07) is 14.5. The summed E-state index contributed by atoms with van der Waals surface area (Å²) in [6.07, 6.45) is 7.45. The van der Waals surface area contributed by atoms with E-state index < -0.39 is 0 Å². The molecule has 0 saturated carbocycles. The van der Waals surface area contributed by atoms with Crippen molar-refractivity contribution in [2.75, 3.05) is 39.8 Å². The smallest absolute Gasteiger partial charge is 0.236 e. The third kappa shape index (κ3) is 5.73. The fourth-order valence-electron chi connectivity index (χ4n) is 4.22. The van der Waals surface area contributed by atoms with E-state index in [0.29, 0.717) is 6.54 Å². The van der Waals surface area contributed by atoms with Crippen molar-refractivity contribution in [3.63, 3.8) is 0 Å². The lowest BCUT2D eigenvalue weighted by Gasteiger charge is -2.39. The quantitative estimate of drug-likeness (QED) is 0.549. The van der Waals surface area contributed by atoms with E-state index in [1.54, 1.807) is 6.20 Å². The molecule has 0 radical (unpaired) electrons. The van der Waals surface area contributed by atoms with Crippen LogP contribution in [-0.2, 0) is 18.4 Å². The molecule has 1 aromatic carbocycles. The van der Waals surface area contributed by atoms with Gasteiger partial charge in [0.15, 0.2) is 0 Å². The highest BCUT2D eigenvalue weighted by Crippen LogP contribution is 2.28. The minimum Gasteiger partial charge on any atom is -0.339 e. The van der Waals surface area contributed by atoms with Crippen LogP contribution in [0.5, 0.6) is 0 Å². The van der Waals surface area contributed by atoms with Crippen LogP contribution in [0.25, 0.3) is 0 Å². The normalized spacial score (nSPS) is 15.4. The number of hydrogen-bond donors (Lipinski definition) is 0. The topological polar surface area (TPSA) is 57.5 Å². The number of halogens is 1. The van der Waals surface area contributed by atoms with Gasteiger partial charge >= 0.3 is 0 Å². The van der Waals surface area contributed by atoms with Gasteiger partial charge in [0.1, 0.15) is 5.82 Å². The van der Waals surface area contributed by atoms with Gasteiger partial charge in [-0.1, -0.05) is 36.4 Å². The van der Waals surface area contributed by atoms with Crippen LogP contribution in [0.4, 0.5) is 0 Å². The van der Waals surface area contributed by atoms with E-state index in [1.165, 1.54) is 5.56 Å². The third-order valence-electron chi connectivity index (χ3n) is 5.83. The summed E-state index contributed by atoms with van der Waals surface area (Å²) in [5.74, 6) is 1.21. The number of carbonyl (C=O) groups is 1. The molecular formula is C24H31ClN6O. The Morgan fingerprint density at radius 1 is 1.06 bits per heavy atom. The third-order valence-corrected chi connectivity index (χ3v) is 5.83. The summed E-state index contributed by atoms with van der Waals surface area (Å²) in [5.41, 5.74) is 2.34. The molecule has 0 aliphatic carbocycles. The fourth-order valence-corrected chi connectivity index (χ4v) is 4.22. The molecule has 1 unspecified atom stereocenters. The maximum absolute atomic E-state index is 12.9. The second kappa shape index (κ2) is 11.2. The Balaban J connectivity index is 0.00000289. The second-order valence-corrected chi connectivity index (χ2v) is 8.16. The van der Waals surface area contributed by atoms with Gasteiger partial charge in [-0.15, -0.1) is 12.4 Å². The number of piperazine rings is 1. The molecule has 32 heavy (non-hydrogen) atoms. The van der Waals surface area contributed by atoms with Gasteiger partial charge in [0, 0.05) is 64.6 Å². The number of rotatable bonds is 7. The maximum atomic E-state index is 12.9. The predicted molar refractivity (Wildman–Crippen MR) is 127 cm³/mol. The Morgan fingerprint density at radius 2 is 1.81 bits per heavy atom. The number of benzene rings is 1. The SMILES string of the molecule is CN(CC(=O)N1CCN(C(c2ccccc2)c2nccn2C)CC1)Cc1cccnc1.Cl. The summed E-state index contributed by atoms with van der Waals surface area (Å²) in [5, 5.41) is 0. The van der Waals surface area contributed by atoms with Crippen LogP contribution >= 0.6 is 12.4 Å². The summed E-state index contributed by atoms with van der Waals surface area (Å²) < 4.78 is 2.09. The number of pyridine rings is 1. The average molecular weight is 455 g/mol. The second-order valence-electron chi connectivity index (χ2n) is 8.16. The number of imidazole rings is 1. The lowest BCUT2D eigenvalue weighted by atomic mass is 10.0. The van der Waals surface area contributed by atoms with Crippen molar-refractivity contribution in [1.82, 2.24) is 29.2 Å². The minimum absolute atomic E-state index is 0. The van der Waals surface area contributed by atoms with Gasteiger partial charge in [-0.2, -0.15) is 0 Å². The van der Waals surface area contributed by atoms with Gasteiger partial charge in [-0.3, -0.25) is 19.6 Å². The molecule has 1 fully saturated rings. The van der Waals surface area contributed by atoms with Gasteiger partial charge < -0.3 is 9.47 Å². The van der Waals surface area contributed by atoms with Gasteiger partial charge in [0.25, 0.3) is 0 Å². The zero-order valence-corrected chi connectivity index (χ0v) is 19.5. The minimum atomic E-state index is 0. The molecule has 1 amide bonds. The van der Waals surface area contributed by atoms with Crippen LogP contribution in [-0.4, -0.2) is 74.9 Å². The number of nitrogens with zero attached hydrogens (tertiary/aromatic N) is 6. The lowest BCUT2D eigenvalue weighted by molar-refractivity contribution is -0.134. The van der Waals surface area contributed by atoms with Gasteiger partial charge in [-0.05, 0) is 24.2 Å². The molecule has 0 bridgehead atoms. The fraction of sp³-hybridized carbons (Fsp3) is 0.375. The Bertz CT molecular complexity index is 972. The molecule has 1 aliphatic rings. The molecular weight excluding hydrogens is 424 g/mol. The molecule has 7 nitrogen and oxygen atoms in total. The lowest BCUT2D eigenvalue weighted by Crippen LogP contribution is -2.52. The molecule has 1 aliphatic heterocycles. The Morgan fingerprint density at radius 3 is 2.44 bits per heavy atom. The highest BCUT2D eigenvalue weighted by atomic mass is 35.5. The molecule has 170 valence electrons. The first-order valence-corrected chi connectivity index (χ1v) is 10.7. The standard InChI is InChI=1S/C24H30N6O.ClH/c1-27(18-20-7-6-10-25-17-20)19-22(31)29-13-15-30(16-14-29)23(21-8-4-3-5-9-21)24-26-11-12-28(24)2;/h3-12,17,23H,13-16,18-19H2,1-2H3;1H. The van der Waals surface area contributed by atoms with E-state index in [4.69, 9.17) is 0 Å². The van der Waals surface area contributed by atoms with E-state index in [0.717, 1.165) is 44.1 Å². The van der Waals surface area contributed by atoms with Crippen molar-refractivity contribution in [3.05, 3.63) is 84.2 Å². The largest absolute Gasteiger partial charge is 0.339 e. The number of carbonyl (C=O) groups excluding carboxylic acids is 1. The van der Waals surface area contributed by atoms with Crippen LogP contribution in [0.1, 0.15) is 23.0 Å². The predicted octanol–water partition coefficient (Wildman–Crippen LogP) is 2.60. The van der Waals surface area contributed by atoms with Crippen molar-refractivity contribution in [2.45, 2.75) is 12.6 Å². The highest BCUT2D eigenvalue weighted by Gasteiger charge is 2.30. The number of aryl methyl sites for hydroxylation is 1. The van der Waals surface area contributed by atoms with Gasteiger partial charge in [0.2, 0.25) is 5.91 Å². The molecule has 1 atom stereocenters. The zero-order chi connectivity index (χ0) is 21.6. The van der Waals surface area contributed by atoms with Crippen molar-refractivity contribution in [1.29, 1.82) is 0 Å². The van der Waals surface area contributed by atoms with Crippen molar-refractivity contribution < 1.29 is 4.79 Å². The number of likely N-dealkylation sites (N-methyl/N-ethyl adjacent to an activating group) is 1. The van der Waals surface area contributed by atoms with Gasteiger partial charge in [-0.25, -0.2) is 4.98 Å². The van der Waals surface area contributed by atoms with Gasteiger partial charge in [0.05, 0.1) is 12.6 Å². The first kappa shape index (κ1) is 23.9. The molecule has 2 aromatic heterocycles. The summed E-state index contributed by atoms with van der Waals surface area (Å²) in [4.78, 5) is 28.1. The first-order chi connectivity index (χ1) is 15.1. The van der Waals surface area contributed by atoms with E-state index in [2.05, 4.69) is 43.7 Å². The number of amides is 1. The Hall–Kier alpha value is -2.74. The zero-order valence-electron chi connectivity index (χ0n) is 18.7. The molecule has 0 spiro atoms. The molecule has 4 rings (SSSR count). The Kier molecular flexibility index (Phi) is 8.39. The van der Waals surface area contributed by atoms with E-state index in [1.807, 2.05) is 60.7 Å². The Labute approximate surface area is 196 Å². The average Bonchev–Trinajstić information content (AvgIpc) is 3.21.